The third-order valence-corrected chi connectivity index (χ3v) is 3.94. The monoisotopic (exact) mass is 348 g/mol. The molecule has 0 aliphatic rings. The highest BCUT2D eigenvalue weighted by molar-refractivity contribution is 7.99. The number of carbonyl (C=O) groups excluding carboxylic acids is 1. The zero-order chi connectivity index (χ0) is 17.4. The Morgan fingerprint density at radius 1 is 1.17 bits per heavy atom. The first-order valence-corrected chi connectivity index (χ1v) is 8.27. The van der Waals surface area contributed by atoms with E-state index in [1.54, 1.807) is 12.0 Å². The van der Waals surface area contributed by atoms with Crippen LogP contribution in [0.15, 0.2) is 35.5 Å². The Bertz CT molecular complexity index is 650. The summed E-state index contributed by atoms with van der Waals surface area (Å²) in [4.78, 5) is 25.9. The molecule has 1 amide bonds. The SMILES string of the molecule is COCCN(Cc1ccccc1)C(=O)CSc1nc(N)nc(N)n1. The molecule has 1 heterocycles. The van der Waals surface area contributed by atoms with Crippen molar-refractivity contribution in [3.8, 4) is 0 Å². The van der Waals surface area contributed by atoms with E-state index in [0.717, 1.165) is 5.56 Å². The smallest absolute Gasteiger partial charge is 0.233 e. The van der Waals surface area contributed by atoms with Crippen LogP contribution in [-0.4, -0.2) is 51.8 Å². The molecule has 0 aliphatic carbocycles. The van der Waals surface area contributed by atoms with Crippen LogP contribution in [0.4, 0.5) is 11.9 Å². The number of amides is 1. The van der Waals surface area contributed by atoms with E-state index in [2.05, 4.69) is 15.0 Å². The lowest BCUT2D eigenvalue weighted by Crippen LogP contribution is -2.34. The van der Waals surface area contributed by atoms with Crippen molar-refractivity contribution in [1.29, 1.82) is 0 Å². The summed E-state index contributed by atoms with van der Waals surface area (Å²) in [6.45, 7) is 1.49. The van der Waals surface area contributed by atoms with Crippen molar-refractivity contribution in [3.05, 3.63) is 35.9 Å². The van der Waals surface area contributed by atoms with Crippen molar-refractivity contribution in [3.63, 3.8) is 0 Å². The fraction of sp³-hybridized carbons (Fsp3) is 0.333. The molecule has 1 aromatic carbocycles. The molecule has 9 heteroatoms. The molecule has 4 N–H and O–H groups in total. The molecule has 0 fully saturated rings. The van der Waals surface area contributed by atoms with E-state index in [1.165, 1.54) is 11.8 Å². The van der Waals surface area contributed by atoms with Crippen molar-refractivity contribution in [1.82, 2.24) is 19.9 Å². The lowest BCUT2D eigenvalue weighted by molar-refractivity contribution is -0.129. The molecule has 0 unspecified atom stereocenters. The zero-order valence-electron chi connectivity index (χ0n) is 13.4. The molecule has 1 aromatic heterocycles. The van der Waals surface area contributed by atoms with Crippen LogP contribution < -0.4 is 11.5 Å². The van der Waals surface area contributed by atoms with Gasteiger partial charge in [0.2, 0.25) is 17.8 Å². The van der Waals surface area contributed by atoms with E-state index in [0.29, 0.717) is 24.9 Å². The van der Waals surface area contributed by atoms with Gasteiger partial charge in [0.15, 0.2) is 5.16 Å². The molecule has 2 rings (SSSR count). The zero-order valence-corrected chi connectivity index (χ0v) is 14.2. The molecular formula is C15H20N6O2S. The third-order valence-electron chi connectivity index (χ3n) is 3.11. The van der Waals surface area contributed by atoms with Gasteiger partial charge in [-0.3, -0.25) is 4.79 Å². The molecule has 0 radical (unpaired) electrons. The van der Waals surface area contributed by atoms with Crippen LogP contribution >= 0.6 is 11.8 Å². The van der Waals surface area contributed by atoms with Crippen molar-refractivity contribution >= 4 is 29.6 Å². The van der Waals surface area contributed by atoms with Crippen LogP contribution in [0.5, 0.6) is 0 Å². The van der Waals surface area contributed by atoms with Gasteiger partial charge in [-0.15, -0.1) is 0 Å². The Morgan fingerprint density at radius 3 is 2.46 bits per heavy atom. The fourth-order valence-electron chi connectivity index (χ4n) is 1.97. The molecule has 0 saturated heterocycles. The minimum absolute atomic E-state index is 0.0398. The maximum absolute atomic E-state index is 12.5. The number of anilines is 2. The van der Waals surface area contributed by atoms with Crippen molar-refractivity contribution < 1.29 is 9.53 Å². The van der Waals surface area contributed by atoms with Gasteiger partial charge in [0.1, 0.15) is 0 Å². The summed E-state index contributed by atoms with van der Waals surface area (Å²) in [5.41, 5.74) is 12.1. The number of nitrogens with zero attached hydrogens (tertiary/aromatic N) is 4. The summed E-state index contributed by atoms with van der Waals surface area (Å²) in [6, 6.07) is 9.79. The van der Waals surface area contributed by atoms with Crippen LogP contribution in [0.25, 0.3) is 0 Å². The number of aromatic nitrogens is 3. The Labute approximate surface area is 144 Å². The van der Waals surface area contributed by atoms with Gasteiger partial charge in [0, 0.05) is 20.2 Å². The third kappa shape index (κ3) is 5.67. The first-order chi connectivity index (χ1) is 11.6. The number of hydrogen-bond acceptors (Lipinski definition) is 8. The molecule has 0 atom stereocenters. The topological polar surface area (TPSA) is 120 Å². The number of carbonyl (C=O) groups is 1. The Kier molecular flexibility index (Phi) is 6.76. The number of hydrogen-bond donors (Lipinski definition) is 2. The van der Waals surface area contributed by atoms with E-state index in [1.807, 2.05) is 30.3 Å². The lowest BCUT2D eigenvalue weighted by Gasteiger charge is -2.22. The molecule has 0 spiro atoms. The summed E-state index contributed by atoms with van der Waals surface area (Å²) in [5, 5.41) is 0.333. The van der Waals surface area contributed by atoms with Crippen molar-refractivity contribution in [2.24, 2.45) is 0 Å². The second-order valence-electron chi connectivity index (χ2n) is 4.92. The Hall–Kier alpha value is -2.39. The van der Waals surface area contributed by atoms with Gasteiger partial charge in [0.05, 0.1) is 12.4 Å². The molecule has 24 heavy (non-hydrogen) atoms. The standard InChI is InChI=1S/C15H20N6O2S/c1-23-8-7-21(9-11-5-3-2-4-6-11)12(22)10-24-15-19-13(16)18-14(17)20-15/h2-6H,7-10H2,1H3,(H4,16,17,18,19,20). The normalized spacial score (nSPS) is 10.5. The fourth-order valence-corrected chi connectivity index (χ4v) is 2.72. The summed E-state index contributed by atoms with van der Waals surface area (Å²) < 4.78 is 5.09. The van der Waals surface area contributed by atoms with Gasteiger partial charge in [-0.1, -0.05) is 42.1 Å². The molecule has 128 valence electrons. The number of ether oxygens (including phenoxy) is 1. The second kappa shape index (κ2) is 9.04. The quantitative estimate of drug-likeness (QED) is 0.672. The summed E-state index contributed by atoms with van der Waals surface area (Å²) in [7, 11) is 1.61. The maximum Gasteiger partial charge on any atom is 0.233 e. The molecule has 0 aliphatic heterocycles. The van der Waals surface area contributed by atoms with E-state index in [4.69, 9.17) is 16.2 Å². The number of nitrogen functional groups attached to an aromatic ring is 2. The summed E-state index contributed by atoms with van der Waals surface area (Å²) in [6.07, 6.45) is 0. The summed E-state index contributed by atoms with van der Waals surface area (Å²) >= 11 is 1.17. The van der Waals surface area contributed by atoms with E-state index in [-0.39, 0.29) is 23.6 Å². The van der Waals surface area contributed by atoms with Gasteiger partial charge in [-0.05, 0) is 5.56 Å². The highest BCUT2D eigenvalue weighted by Crippen LogP contribution is 2.16. The number of methoxy groups -OCH3 is 1. The van der Waals surface area contributed by atoms with Gasteiger partial charge in [-0.25, -0.2) is 0 Å². The van der Waals surface area contributed by atoms with Crippen LogP contribution in [0, 0.1) is 0 Å². The van der Waals surface area contributed by atoms with Gasteiger partial charge in [0.25, 0.3) is 0 Å². The molecule has 2 aromatic rings. The Morgan fingerprint density at radius 2 is 1.83 bits per heavy atom. The van der Waals surface area contributed by atoms with Crippen LogP contribution in [0.1, 0.15) is 5.56 Å². The van der Waals surface area contributed by atoms with Crippen molar-refractivity contribution in [2.45, 2.75) is 11.7 Å². The van der Waals surface area contributed by atoms with Crippen molar-refractivity contribution in [2.75, 3.05) is 37.5 Å². The van der Waals surface area contributed by atoms with Gasteiger partial charge >= 0.3 is 0 Å². The van der Waals surface area contributed by atoms with E-state index in [9.17, 15) is 4.79 Å². The minimum Gasteiger partial charge on any atom is -0.383 e. The maximum atomic E-state index is 12.5. The minimum atomic E-state index is -0.0431. The predicted octanol–water partition coefficient (Wildman–Crippen LogP) is 0.803. The van der Waals surface area contributed by atoms with Crippen LogP contribution in [-0.2, 0) is 16.1 Å². The lowest BCUT2D eigenvalue weighted by atomic mass is 10.2. The summed E-state index contributed by atoms with van der Waals surface area (Å²) in [5.74, 6) is 0.216. The number of nitrogens with two attached hydrogens (primary N) is 2. The van der Waals surface area contributed by atoms with Crippen LogP contribution in [0.2, 0.25) is 0 Å². The first-order valence-electron chi connectivity index (χ1n) is 7.29. The number of benzene rings is 1. The van der Waals surface area contributed by atoms with Gasteiger partial charge in [-0.2, -0.15) is 15.0 Å². The second-order valence-corrected chi connectivity index (χ2v) is 5.86. The number of rotatable bonds is 8. The highest BCUT2D eigenvalue weighted by Gasteiger charge is 2.15. The van der Waals surface area contributed by atoms with E-state index < -0.39 is 0 Å². The molecule has 0 saturated carbocycles. The number of thioether (sulfide) groups is 1. The predicted molar refractivity (Wildman–Crippen MR) is 93.1 cm³/mol. The Balaban J connectivity index is 1.98. The molecule has 8 nitrogen and oxygen atoms in total. The average molecular weight is 348 g/mol. The van der Waals surface area contributed by atoms with Crippen LogP contribution in [0.3, 0.4) is 0 Å². The van der Waals surface area contributed by atoms with Gasteiger partial charge < -0.3 is 21.1 Å². The molecule has 0 bridgehead atoms. The molecular weight excluding hydrogens is 328 g/mol. The average Bonchev–Trinajstić information content (AvgIpc) is 2.56. The highest BCUT2D eigenvalue weighted by atomic mass is 32.2. The first kappa shape index (κ1) is 18.0. The van der Waals surface area contributed by atoms with E-state index >= 15 is 0 Å². The largest absolute Gasteiger partial charge is 0.383 e.